The third-order valence-electron chi connectivity index (χ3n) is 7.98. The van der Waals surface area contributed by atoms with E-state index >= 15 is 0 Å². The molecule has 0 radical (unpaired) electrons. The number of aromatic nitrogens is 6. The van der Waals surface area contributed by atoms with Crippen molar-refractivity contribution in [3.8, 4) is 5.95 Å². The average Bonchev–Trinajstić information content (AvgIpc) is 3.44. The van der Waals surface area contributed by atoms with Crippen molar-refractivity contribution in [1.82, 2.24) is 34.0 Å². The lowest BCUT2D eigenvalue weighted by Gasteiger charge is -2.33. The smallest absolute Gasteiger partial charge is 0.239 e. The Morgan fingerprint density at radius 2 is 1.78 bits per heavy atom. The van der Waals surface area contributed by atoms with E-state index in [2.05, 4.69) is 34.4 Å². The van der Waals surface area contributed by atoms with Gasteiger partial charge in [0, 0.05) is 20.1 Å². The van der Waals surface area contributed by atoms with Crippen LogP contribution >= 0.6 is 0 Å². The van der Waals surface area contributed by atoms with E-state index in [0.29, 0.717) is 25.1 Å². The van der Waals surface area contributed by atoms with Gasteiger partial charge in [-0.15, -0.1) is 0 Å². The summed E-state index contributed by atoms with van der Waals surface area (Å²) in [6, 6.07) is 8.10. The lowest BCUT2D eigenvalue weighted by atomic mass is 9.90. The summed E-state index contributed by atoms with van der Waals surface area (Å²) in [5, 5.41) is 10.3. The second-order valence-electron chi connectivity index (χ2n) is 10.3. The summed E-state index contributed by atoms with van der Waals surface area (Å²) >= 11 is 0. The van der Waals surface area contributed by atoms with Crippen LogP contribution in [0.3, 0.4) is 0 Å². The molecule has 0 amide bonds. The molecule has 0 spiro atoms. The molecule has 2 aliphatic rings. The fourth-order valence-corrected chi connectivity index (χ4v) is 5.75. The quantitative estimate of drug-likeness (QED) is 0.428. The number of hydrogen-bond donors (Lipinski definition) is 1. The Hall–Kier alpha value is -3.08. The Labute approximate surface area is 216 Å². The number of nitrogens with zero attached hydrogens (tertiary/aromatic N) is 8. The van der Waals surface area contributed by atoms with Crippen molar-refractivity contribution >= 4 is 28.0 Å². The van der Waals surface area contributed by atoms with Gasteiger partial charge in [0.15, 0.2) is 17.0 Å². The summed E-state index contributed by atoms with van der Waals surface area (Å²) in [5.41, 5.74) is 3.59. The largest absolute Gasteiger partial charge is 0.393 e. The van der Waals surface area contributed by atoms with Gasteiger partial charge in [-0.05, 0) is 57.3 Å². The summed E-state index contributed by atoms with van der Waals surface area (Å²) in [7, 11) is 2.05. The Bertz CT molecular complexity index is 1400. The predicted octanol–water partition coefficient (Wildman–Crippen LogP) is 2.83. The number of imidazole rings is 2. The van der Waals surface area contributed by atoms with Crippen molar-refractivity contribution in [2.75, 3.05) is 44.3 Å². The van der Waals surface area contributed by atoms with Crippen LogP contribution in [0.1, 0.15) is 37.8 Å². The monoisotopic (exact) mass is 504 g/mol. The standard InChI is InChI=1S/C27H36N8O2/c1-4-22(36)19-9-11-33(12-10-19)17-23-29-24-25(32(23)3)30-27(31-26(24)34-13-15-37-16-14-34)35-18(2)28-20-7-5-6-8-21(20)35/h5-8,19,22,36H,4,9-17H2,1-3H3/t22-/m1/s1. The summed E-state index contributed by atoms with van der Waals surface area (Å²) < 4.78 is 9.78. The van der Waals surface area contributed by atoms with Gasteiger partial charge in [0.1, 0.15) is 11.6 Å². The molecule has 6 rings (SSSR count). The number of fused-ring (bicyclic) bond motifs is 2. The van der Waals surface area contributed by atoms with Crippen LogP contribution in [0.2, 0.25) is 0 Å². The molecule has 10 heteroatoms. The number of ether oxygens (including phenoxy) is 1. The topological polar surface area (TPSA) is 97.4 Å². The minimum absolute atomic E-state index is 0.189. The number of benzene rings is 1. The number of morpholine rings is 1. The Balaban J connectivity index is 1.39. The van der Waals surface area contributed by atoms with Crippen LogP contribution in [0.4, 0.5) is 5.82 Å². The van der Waals surface area contributed by atoms with Crippen LogP contribution in [0, 0.1) is 12.8 Å². The van der Waals surface area contributed by atoms with E-state index in [0.717, 1.165) is 91.7 Å². The fourth-order valence-electron chi connectivity index (χ4n) is 5.75. The zero-order valence-electron chi connectivity index (χ0n) is 22.0. The number of aliphatic hydroxyl groups excluding tert-OH is 1. The number of para-hydroxylation sites is 2. The van der Waals surface area contributed by atoms with Gasteiger partial charge in [-0.2, -0.15) is 9.97 Å². The number of hydrogen-bond acceptors (Lipinski definition) is 8. The van der Waals surface area contributed by atoms with Crippen molar-refractivity contribution in [2.24, 2.45) is 13.0 Å². The van der Waals surface area contributed by atoms with E-state index in [1.807, 2.05) is 29.7 Å². The molecular weight excluding hydrogens is 468 g/mol. The number of likely N-dealkylation sites (tertiary alicyclic amines) is 1. The molecule has 37 heavy (non-hydrogen) atoms. The van der Waals surface area contributed by atoms with Crippen LogP contribution < -0.4 is 4.90 Å². The van der Waals surface area contributed by atoms with Crippen LogP contribution in [0.15, 0.2) is 24.3 Å². The Kier molecular flexibility index (Phi) is 6.56. The second kappa shape index (κ2) is 10.00. The van der Waals surface area contributed by atoms with Crippen molar-refractivity contribution in [1.29, 1.82) is 0 Å². The van der Waals surface area contributed by atoms with E-state index in [1.165, 1.54) is 0 Å². The van der Waals surface area contributed by atoms with Crippen LogP contribution in [-0.4, -0.2) is 84.6 Å². The first-order chi connectivity index (χ1) is 18.0. The highest BCUT2D eigenvalue weighted by Crippen LogP contribution is 2.29. The lowest BCUT2D eigenvalue weighted by molar-refractivity contribution is 0.0541. The van der Waals surface area contributed by atoms with E-state index in [9.17, 15) is 5.11 Å². The highest BCUT2D eigenvalue weighted by molar-refractivity contribution is 5.86. The number of piperidine rings is 1. The first kappa shape index (κ1) is 24.3. The van der Waals surface area contributed by atoms with E-state index in [4.69, 9.17) is 24.7 Å². The third-order valence-corrected chi connectivity index (χ3v) is 7.98. The van der Waals surface area contributed by atoms with Gasteiger partial charge in [0.25, 0.3) is 0 Å². The van der Waals surface area contributed by atoms with Gasteiger partial charge in [-0.1, -0.05) is 19.1 Å². The highest BCUT2D eigenvalue weighted by Gasteiger charge is 2.27. The van der Waals surface area contributed by atoms with Gasteiger partial charge in [-0.25, -0.2) is 9.97 Å². The van der Waals surface area contributed by atoms with E-state index < -0.39 is 0 Å². The van der Waals surface area contributed by atoms with Gasteiger partial charge < -0.3 is 19.3 Å². The zero-order valence-corrected chi connectivity index (χ0v) is 22.0. The molecule has 3 aromatic heterocycles. The van der Waals surface area contributed by atoms with Gasteiger partial charge in [0.2, 0.25) is 5.95 Å². The molecule has 0 bridgehead atoms. The van der Waals surface area contributed by atoms with Crippen LogP contribution in [0.5, 0.6) is 0 Å². The van der Waals surface area contributed by atoms with Crippen LogP contribution in [-0.2, 0) is 18.3 Å². The molecule has 196 valence electrons. The minimum atomic E-state index is -0.189. The normalized spacial score (nSPS) is 18.8. The zero-order chi connectivity index (χ0) is 25.5. The van der Waals surface area contributed by atoms with Gasteiger partial charge in [0.05, 0.1) is 36.9 Å². The van der Waals surface area contributed by atoms with E-state index in [-0.39, 0.29) is 6.10 Å². The van der Waals surface area contributed by atoms with Crippen molar-refractivity contribution < 1.29 is 9.84 Å². The number of rotatable bonds is 6. The first-order valence-electron chi connectivity index (χ1n) is 13.4. The van der Waals surface area contributed by atoms with E-state index in [1.54, 1.807) is 0 Å². The molecule has 1 aromatic carbocycles. The molecule has 0 unspecified atom stereocenters. The molecule has 4 aromatic rings. The molecule has 10 nitrogen and oxygen atoms in total. The first-order valence-corrected chi connectivity index (χ1v) is 13.4. The molecule has 1 atom stereocenters. The number of anilines is 1. The molecule has 0 saturated carbocycles. The van der Waals surface area contributed by atoms with Crippen molar-refractivity contribution in [3.05, 3.63) is 35.9 Å². The van der Waals surface area contributed by atoms with Crippen molar-refractivity contribution in [3.63, 3.8) is 0 Å². The van der Waals surface area contributed by atoms with Gasteiger partial charge >= 0.3 is 0 Å². The summed E-state index contributed by atoms with van der Waals surface area (Å²) in [6.07, 6.45) is 2.68. The maximum absolute atomic E-state index is 10.3. The molecule has 2 aliphatic heterocycles. The predicted molar refractivity (Wildman–Crippen MR) is 143 cm³/mol. The Morgan fingerprint density at radius 1 is 1.03 bits per heavy atom. The molecule has 5 heterocycles. The Morgan fingerprint density at radius 3 is 2.54 bits per heavy atom. The highest BCUT2D eigenvalue weighted by atomic mass is 16.5. The summed E-state index contributed by atoms with van der Waals surface area (Å²) in [5.74, 6) is 3.71. The number of aryl methyl sites for hydroxylation is 2. The second-order valence-corrected chi connectivity index (χ2v) is 10.3. The van der Waals surface area contributed by atoms with Crippen LogP contribution in [0.25, 0.3) is 28.1 Å². The minimum Gasteiger partial charge on any atom is -0.393 e. The van der Waals surface area contributed by atoms with Crippen molar-refractivity contribution in [2.45, 2.75) is 45.8 Å². The summed E-state index contributed by atoms with van der Waals surface area (Å²) in [4.78, 5) is 24.7. The maximum atomic E-state index is 10.3. The number of aliphatic hydroxyl groups is 1. The summed E-state index contributed by atoms with van der Waals surface area (Å²) in [6.45, 7) is 9.65. The molecule has 0 aliphatic carbocycles. The van der Waals surface area contributed by atoms with Gasteiger partial charge in [-0.3, -0.25) is 9.47 Å². The SMILES string of the molecule is CC[C@@H](O)C1CCN(Cc2nc3c(N4CCOCC4)nc(-n4c(C)nc5ccccc54)nc3n2C)CC1. The average molecular weight is 505 g/mol. The molecule has 2 saturated heterocycles. The molecule has 2 fully saturated rings. The molecule has 1 N–H and O–H groups in total. The fraction of sp³-hybridized carbons (Fsp3) is 0.556. The lowest BCUT2D eigenvalue weighted by Crippen LogP contribution is -2.37. The molecular formula is C27H36N8O2. The maximum Gasteiger partial charge on any atom is 0.239 e. The third kappa shape index (κ3) is 4.47.